The van der Waals surface area contributed by atoms with Gasteiger partial charge in [-0.15, -0.1) is 0 Å². The summed E-state index contributed by atoms with van der Waals surface area (Å²) >= 11 is 11.8. The first-order chi connectivity index (χ1) is 6.18. The molecule has 5 heteroatoms. The predicted octanol–water partition coefficient (Wildman–Crippen LogP) is 2.63. The number of anilines is 1. The molecule has 13 heavy (non-hydrogen) atoms. The van der Waals surface area contributed by atoms with Gasteiger partial charge in [-0.05, 0) is 12.1 Å². The van der Waals surface area contributed by atoms with Gasteiger partial charge in [0.15, 0.2) is 0 Å². The van der Waals surface area contributed by atoms with Gasteiger partial charge in [0, 0.05) is 17.1 Å². The van der Waals surface area contributed by atoms with Crippen LogP contribution in [0.1, 0.15) is 5.56 Å². The van der Waals surface area contributed by atoms with E-state index in [-0.39, 0.29) is 6.03 Å². The van der Waals surface area contributed by atoms with Crippen molar-refractivity contribution in [2.75, 3.05) is 5.32 Å². The van der Waals surface area contributed by atoms with Gasteiger partial charge in [0.2, 0.25) is 0 Å². The molecule has 2 amide bonds. The third-order valence-electron chi connectivity index (χ3n) is 1.87. The zero-order chi connectivity index (χ0) is 9.42. The van der Waals surface area contributed by atoms with Gasteiger partial charge in [-0.2, -0.15) is 0 Å². The normalized spacial score (nSPS) is 14.5. The number of urea groups is 1. The standard InChI is InChI=1S/C8H6Cl2N2O/c9-5-1-2-6(10)7-4(5)3-11-8(13)12-7/h1-2H,3H2,(H2,11,12,13). The third kappa shape index (κ3) is 1.45. The molecule has 0 fully saturated rings. The summed E-state index contributed by atoms with van der Waals surface area (Å²) in [5, 5.41) is 6.33. The van der Waals surface area contributed by atoms with Crippen LogP contribution in [0.3, 0.4) is 0 Å². The largest absolute Gasteiger partial charge is 0.334 e. The molecule has 0 aliphatic carbocycles. The number of hydrogen-bond acceptors (Lipinski definition) is 1. The number of rotatable bonds is 0. The Bertz CT molecular complexity index is 379. The van der Waals surface area contributed by atoms with E-state index < -0.39 is 0 Å². The van der Waals surface area contributed by atoms with Gasteiger partial charge in [-0.25, -0.2) is 4.79 Å². The van der Waals surface area contributed by atoms with Crippen LogP contribution in [0.25, 0.3) is 0 Å². The average Bonchev–Trinajstić information content (AvgIpc) is 2.12. The van der Waals surface area contributed by atoms with Crippen LogP contribution in [0.15, 0.2) is 12.1 Å². The third-order valence-corrected chi connectivity index (χ3v) is 2.54. The molecule has 0 aromatic heterocycles. The van der Waals surface area contributed by atoms with Crippen molar-refractivity contribution in [2.45, 2.75) is 6.54 Å². The van der Waals surface area contributed by atoms with Crippen LogP contribution in [0.5, 0.6) is 0 Å². The highest BCUT2D eigenvalue weighted by Gasteiger charge is 2.18. The molecule has 1 aliphatic rings. The van der Waals surface area contributed by atoms with Gasteiger partial charge in [0.05, 0.1) is 10.7 Å². The Morgan fingerprint density at radius 2 is 1.92 bits per heavy atom. The Balaban J connectivity index is 2.57. The molecule has 0 spiro atoms. The van der Waals surface area contributed by atoms with Crippen LogP contribution in [-0.4, -0.2) is 6.03 Å². The van der Waals surface area contributed by atoms with E-state index in [1.165, 1.54) is 0 Å². The predicted molar refractivity (Wildman–Crippen MR) is 52.3 cm³/mol. The highest BCUT2D eigenvalue weighted by Crippen LogP contribution is 2.33. The van der Waals surface area contributed by atoms with Crippen LogP contribution in [0, 0.1) is 0 Å². The van der Waals surface area contributed by atoms with Crippen molar-refractivity contribution in [1.82, 2.24) is 5.32 Å². The maximum atomic E-state index is 11.0. The number of hydrogen-bond donors (Lipinski definition) is 2. The van der Waals surface area contributed by atoms with Crippen LogP contribution in [0.4, 0.5) is 10.5 Å². The van der Waals surface area contributed by atoms with E-state index in [2.05, 4.69) is 10.6 Å². The number of fused-ring (bicyclic) bond motifs is 1. The molecule has 1 heterocycles. The molecule has 1 aromatic rings. The smallest absolute Gasteiger partial charge is 0.319 e. The molecule has 1 aromatic carbocycles. The lowest BCUT2D eigenvalue weighted by molar-refractivity contribution is 0.251. The quantitative estimate of drug-likeness (QED) is 0.688. The zero-order valence-electron chi connectivity index (χ0n) is 6.53. The molecule has 1 aliphatic heterocycles. The molecule has 0 radical (unpaired) electrons. The fraction of sp³-hybridized carbons (Fsp3) is 0.125. The summed E-state index contributed by atoms with van der Waals surface area (Å²) in [6.45, 7) is 0.417. The van der Waals surface area contributed by atoms with E-state index in [1.54, 1.807) is 12.1 Å². The monoisotopic (exact) mass is 216 g/mol. The second-order valence-electron chi connectivity index (χ2n) is 2.69. The molecule has 3 nitrogen and oxygen atoms in total. The summed E-state index contributed by atoms with van der Waals surface area (Å²) in [7, 11) is 0. The molecule has 0 atom stereocenters. The molecule has 0 unspecified atom stereocenters. The fourth-order valence-electron chi connectivity index (χ4n) is 1.23. The van der Waals surface area contributed by atoms with Gasteiger partial charge in [0.25, 0.3) is 0 Å². The summed E-state index contributed by atoms with van der Waals surface area (Å²) in [6.07, 6.45) is 0. The van der Waals surface area contributed by atoms with E-state index >= 15 is 0 Å². The van der Waals surface area contributed by atoms with Crippen LogP contribution in [-0.2, 0) is 6.54 Å². The molecule has 2 rings (SSSR count). The number of amides is 2. The minimum Gasteiger partial charge on any atom is -0.334 e. The summed E-state index contributed by atoms with van der Waals surface area (Å²) < 4.78 is 0. The molecule has 0 bridgehead atoms. The highest BCUT2D eigenvalue weighted by atomic mass is 35.5. The van der Waals surface area contributed by atoms with Crippen molar-refractivity contribution in [3.8, 4) is 0 Å². The Labute approximate surface area is 85.0 Å². The Hall–Kier alpha value is -0.930. The van der Waals surface area contributed by atoms with E-state index in [9.17, 15) is 4.79 Å². The van der Waals surface area contributed by atoms with Crippen molar-refractivity contribution in [2.24, 2.45) is 0 Å². The van der Waals surface area contributed by atoms with Gasteiger partial charge in [0.1, 0.15) is 0 Å². The van der Waals surface area contributed by atoms with Crippen LogP contribution < -0.4 is 10.6 Å². The SMILES string of the molecule is O=C1NCc2c(Cl)ccc(Cl)c2N1. The van der Waals surface area contributed by atoms with E-state index in [4.69, 9.17) is 23.2 Å². The Morgan fingerprint density at radius 3 is 2.69 bits per heavy atom. The van der Waals surface area contributed by atoms with Crippen molar-refractivity contribution in [1.29, 1.82) is 0 Å². The van der Waals surface area contributed by atoms with Crippen LogP contribution >= 0.6 is 23.2 Å². The highest BCUT2D eigenvalue weighted by molar-refractivity contribution is 6.36. The summed E-state index contributed by atoms with van der Waals surface area (Å²) in [6, 6.07) is 3.12. The molecule has 0 saturated carbocycles. The van der Waals surface area contributed by atoms with E-state index in [0.717, 1.165) is 5.56 Å². The first-order valence-corrected chi connectivity index (χ1v) is 4.46. The van der Waals surface area contributed by atoms with Gasteiger partial charge >= 0.3 is 6.03 Å². The lowest BCUT2D eigenvalue weighted by Crippen LogP contribution is -2.33. The number of benzene rings is 1. The second-order valence-corrected chi connectivity index (χ2v) is 3.50. The summed E-state index contributed by atoms with van der Waals surface area (Å²) in [5.74, 6) is 0. The molecular weight excluding hydrogens is 211 g/mol. The minimum absolute atomic E-state index is 0.253. The van der Waals surface area contributed by atoms with E-state index in [0.29, 0.717) is 22.3 Å². The van der Waals surface area contributed by atoms with Crippen molar-refractivity contribution >= 4 is 34.9 Å². The number of halogens is 2. The summed E-state index contributed by atoms with van der Waals surface area (Å²) in [4.78, 5) is 11.0. The zero-order valence-corrected chi connectivity index (χ0v) is 8.04. The van der Waals surface area contributed by atoms with Gasteiger partial charge in [-0.3, -0.25) is 0 Å². The molecule has 2 N–H and O–H groups in total. The topological polar surface area (TPSA) is 41.1 Å². The maximum Gasteiger partial charge on any atom is 0.319 e. The Morgan fingerprint density at radius 1 is 1.23 bits per heavy atom. The minimum atomic E-state index is -0.253. The van der Waals surface area contributed by atoms with Crippen molar-refractivity contribution in [3.05, 3.63) is 27.7 Å². The first kappa shape index (κ1) is 8.66. The number of carbonyl (C=O) groups excluding carboxylic acids is 1. The fourth-order valence-corrected chi connectivity index (χ4v) is 1.68. The first-order valence-electron chi connectivity index (χ1n) is 3.70. The maximum absolute atomic E-state index is 11.0. The second kappa shape index (κ2) is 3.09. The Kier molecular flexibility index (Phi) is 2.06. The lowest BCUT2D eigenvalue weighted by atomic mass is 10.1. The van der Waals surface area contributed by atoms with Crippen molar-refractivity contribution < 1.29 is 4.79 Å². The van der Waals surface area contributed by atoms with Gasteiger partial charge in [-0.1, -0.05) is 23.2 Å². The lowest BCUT2D eigenvalue weighted by Gasteiger charge is -2.20. The van der Waals surface area contributed by atoms with E-state index in [1.807, 2.05) is 0 Å². The molecule has 68 valence electrons. The number of carbonyl (C=O) groups is 1. The average molecular weight is 217 g/mol. The number of nitrogens with one attached hydrogen (secondary N) is 2. The molecular formula is C8H6Cl2N2O. The molecule has 0 saturated heterocycles. The summed E-state index contributed by atoms with van der Waals surface area (Å²) in [5.41, 5.74) is 1.44. The van der Waals surface area contributed by atoms with Crippen LogP contribution in [0.2, 0.25) is 10.0 Å². The van der Waals surface area contributed by atoms with Crippen molar-refractivity contribution in [3.63, 3.8) is 0 Å². The van der Waals surface area contributed by atoms with Gasteiger partial charge < -0.3 is 10.6 Å².